The zero-order valence-corrected chi connectivity index (χ0v) is 11.5. The molecule has 2 aromatic rings. The second kappa shape index (κ2) is 6.15. The molecule has 2 N–H and O–H groups in total. The lowest BCUT2D eigenvalue weighted by molar-refractivity contribution is -0.104. The van der Waals surface area contributed by atoms with E-state index in [4.69, 9.17) is 10.2 Å². The summed E-state index contributed by atoms with van der Waals surface area (Å²) in [6, 6.07) is 10.8. The Morgan fingerprint density at radius 3 is 2.58 bits per heavy atom. The summed E-state index contributed by atoms with van der Waals surface area (Å²) in [5.74, 6) is 0.448. The van der Waals surface area contributed by atoms with Gasteiger partial charge in [-0.3, -0.25) is 9.79 Å². The van der Waals surface area contributed by atoms with E-state index in [0.717, 1.165) is 10.2 Å². The van der Waals surface area contributed by atoms with Crippen LogP contribution in [0.25, 0.3) is 5.70 Å². The smallest absolute Gasteiger partial charge is 0.153 e. The van der Waals surface area contributed by atoms with Gasteiger partial charge in [0.1, 0.15) is 5.76 Å². The van der Waals surface area contributed by atoms with Crippen LogP contribution in [0.5, 0.6) is 0 Å². The Hall–Kier alpha value is -2.14. The largest absolute Gasteiger partial charge is 0.463 e. The van der Waals surface area contributed by atoms with Crippen molar-refractivity contribution in [1.29, 1.82) is 0 Å². The molecule has 0 aliphatic carbocycles. The third kappa shape index (κ3) is 3.42. The fraction of sp³-hybridized carbons (Fsp3) is 0. The van der Waals surface area contributed by atoms with E-state index >= 15 is 0 Å². The van der Waals surface area contributed by atoms with Crippen LogP contribution in [-0.4, -0.2) is 12.5 Å². The van der Waals surface area contributed by atoms with Gasteiger partial charge in [-0.15, -0.1) is 0 Å². The number of rotatable bonds is 4. The van der Waals surface area contributed by atoms with E-state index in [1.807, 2.05) is 24.3 Å². The standard InChI is InChI=1S/C14H11BrN2O2/c15-11-3-5-12(6-4-11)17-8-10(9-18)14(16)13-2-1-7-19-13/h1-9H,16H2. The lowest BCUT2D eigenvalue weighted by Crippen LogP contribution is -2.02. The normalized spacial score (nSPS) is 12.5. The maximum absolute atomic E-state index is 11.0. The molecule has 0 unspecified atom stereocenters. The number of nitrogens with two attached hydrogens (primary N) is 1. The Morgan fingerprint density at radius 2 is 2.00 bits per heavy atom. The van der Waals surface area contributed by atoms with Crippen molar-refractivity contribution in [3.8, 4) is 0 Å². The van der Waals surface area contributed by atoms with Gasteiger partial charge >= 0.3 is 0 Å². The summed E-state index contributed by atoms with van der Waals surface area (Å²) in [7, 11) is 0. The average Bonchev–Trinajstić information content (AvgIpc) is 2.95. The van der Waals surface area contributed by atoms with Gasteiger partial charge in [-0.1, -0.05) is 15.9 Å². The molecule has 0 saturated heterocycles. The van der Waals surface area contributed by atoms with Gasteiger partial charge in [0.15, 0.2) is 6.29 Å². The number of carbonyl (C=O) groups is 1. The Balaban J connectivity index is 2.26. The molecule has 5 heteroatoms. The minimum atomic E-state index is 0.265. The minimum Gasteiger partial charge on any atom is -0.463 e. The first-order valence-corrected chi connectivity index (χ1v) is 6.28. The van der Waals surface area contributed by atoms with Gasteiger partial charge in [0.2, 0.25) is 0 Å². The van der Waals surface area contributed by atoms with Gasteiger partial charge in [-0.25, -0.2) is 0 Å². The topological polar surface area (TPSA) is 68.6 Å². The van der Waals surface area contributed by atoms with Crippen molar-refractivity contribution in [2.24, 2.45) is 10.7 Å². The van der Waals surface area contributed by atoms with E-state index in [2.05, 4.69) is 20.9 Å². The quantitative estimate of drug-likeness (QED) is 0.534. The number of aldehydes is 1. The molecule has 4 nitrogen and oxygen atoms in total. The maximum atomic E-state index is 11.0. The number of carbonyl (C=O) groups excluding carboxylic acids is 1. The van der Waals surface area contributed by atoms with Crippen LogP contribution in [0.2, 0.25) is 0 Å². The molecular weight excluding hydrogens is 308 g/mol. The van der Waals surface area contributed by atoms with Gasteiger partial charge in [0, 0.05) is 10.7 Å². The number of aliphatic imine (C=N–C) groups is 1. The van der Waals surface area contributed by atoms with Crippen molar-refractivity contribution in [3.05, 3.63) is 58.5 Å². The molecule has 0 fully saturated rings. The number of halogens is 1. The van der Waals surface area contributed by atoms with Crippen LogP contribution < -0.4 is 5.73 Å². The summed E-state index contributed by atoms with van der Waals surface area (Å²) in [6.07, 6.45) is 3.57. The Bertz CT molecular complexity index is 613. The predicted octanol–water partition coefficient (Wildman–Crippen LogP) is 3.31. The molecule has 1 aromatic heterocycles. The molecule has 1 heterocycles. The molecule has 0 bridgehead atoms. The molecule has 1 aromatic carbocycles. The highest BCUT2D eigenvalue weighted by molar-refractivity contribution is 9.10. The lowest BCUT2D eigenvalue weighted by atomic mass is 10.2. The van der Waals surface area contributed by atoms with Crippen LogP contribution in [0.1, 0.15) is 5.76 Å². The number of benzene rings is 1. The van der Waals surface area contributed by atoms with Crippen molar-refractivity contribution in [3.63, 3.8) is 0 Å². The van der Waals surface area contributed by atoms with Gasteiger partial charge in [-0.2, -0.15) is 0 Å². The number of furan rings is 1. The second-order valence-electron chi connectivity index (χ2n) is 3.70. The summed E-state index contributed by atoms with van der Waals surface area (Å²) >= 11 is 3.34. The molecule has 0 atom stereocenters. The van der Waals surface area contributed by atoms with E-state index in [-0.39, 0.29) is 11.3 Å². The average molecular weight is 319 g/mol. The van der Waals surface area contributed by atoms with Gasteiger partial charge in [-0.05, 0) is 36.4 Å². The molecule has 0 amide bonds. The summed E-state index contributed by atoms with van der Waals surface area (Å²) in [6.45, 7) is 0. The lowest BCUT2D eigenvalue weighted by Gasteiger charge is -1.99. The molecule has 0 spiro atoms. The summed E-state index contributed by atoms with van der Waals surface area (Å²) in [5, 5.41) is 0. The van der Waals surface area contributed by atoms with Crippen LogP contribution in [0.4, 0.5) is 5.69 Å². The third-order valence-electron chi connectivity index (χ3n) is 2.40. The number of allylic oxidation sites excluding steroid dienone is 1. The van der Waals surface area contributed by atoms with E-state index in [0.29, 0.717) is 12.0 Å². The summed E-state index contributed by atoms with van der Waals surface area (Å²) < 4.78 is 6.10. The molecule has 0 radical (unpaired) electrons. The van der Waals surface area contributed by atoms with Crippen LogP contribution in [0.15, 0.2) is 62.1 Å². The fourth-order valence-corrected chi connectivity index (χ4v) is 1.67. The molecular formula is C14H11BrN2O2. The van der Waals surface area contributed by atoms with Crippen molar-refractivity contribution < 1.29 is 9.21 Å². The van der Waals surface area contributed by atoms with Crippen LogP contribution in [0.3, 0.4) is 0 Å². The summed E-state index contributed by atoms with van der Waals surface area (Å²) in [4.78, 5) is 15.2. The minimum absolute atomic E-state index is 0.265. The van der Waals surface area contributed by atoms with Crippen LogP contribution >= 0.6 is 15.9 Å². The maximum Gasteiger partial charge on any atom is 0.153 e. The highest BCUT2D eigenvalue weighted by Gasteiger charge is 2.05. The zero-order chi connectivity index (χ0) is 13.7. The van der Waals surface area contributed by atoms with E-state index in [1.165, 1.54) is 12.5 Å². The molecule has 0 aliphatic rings. The predicted molar refractivity (Wildman–Crippen MR) is 78.2 cm³/mol. The number of nitrogens with zero attached hydrogens (tertiary/aromatic N) is 1. The first kappa shape index (κ1) is 13.3. The summed E-state index contributed by atoms with van der Waals surface area (Å²) in [5.41, 5.74) is 7.11. The fourth-order valence-electron chi connectivity index (χ4n) is 1.41. The first-order valence-electron chi connectivity index (χ1n) is 5.49. The van der Waals surface area contributed by atoms with Crippen LogP contribution in [0, 0.1) is 0 Å². The number of hydrogen-bond acceptors (Lipinski definition) is 4. The Labute approximate surface area is 118 Å². The van der Waals surface area contributed by atoms with Crippen molar-refractivity contribution in [1.82, 2.24) is 0 Å². The van der Waals surface area contributed by atoms with Crippen LogP contribution in [-0.2, 0) is 4.79 Å². The zero-order valence-electron chi connectivity index (χ0n) is 9.92. The molecule has 0 saturated carbocycles. The SMILES string of the molecule is NC(=C(C=O)C=Nc1ccc(Br)cc1)c1ccco1. The van der Waals surface area contributed by atoms with E-state index in [9.17, 15) is 4.79 Å². The molecule has 0 aliphatic heterocycles. The van der Waals surface area contributed by atoms with Gasteiger partial charge in [0.25, 0.3) is 0 Å². The highest BCUT2D eigenvalue weighted by atomic mass is 79.9. The van der Waals surface area contributed by atoms with E-state index < -0.39 is 0 Å². The Kier molecular flexibility index (Phi) is 4.30. The number of hydrogen-bond donors (Lipinski definition) is 1. The van der Waals surface area contributed by atoms with Crippen molar-refractivity contribution in [2.45, 2.75) is 0 Å². The van der Waals surface area contributed by atoms with Gasteiger partial charge in [0.05, 0.1) is 23.2 Å². The van der Waals surface area contributed by atoms with Crippen molar-refractivity contribution >= 4 is 39.8 Å². The first-order chi connectivity index (χ1) is 9.20. The molecule has 19 heavy (non-hydrogen) atoms. The van der Waals surface area contributed by atoms with Crippen molar-refractivity contribution in [2.75, 3.05) is 0 Å². The van der Waals surface area contributed by atoms with E-state index in [1.54, 1.807) is 12.1 Å². The monoisotopic (exact) mass is 318 g/mol. The molecule has 96 valence electrons. The molecule has 2 rings (SSSR count). The van der Waals surface area contributed by atoms with Gasteiger partial charge < -0.3 is 10.2 Å². The second-order valence-corrected chi connectivity index (χ2v) is 4.61. The third-order valence-corrected chi connectivity index (χ3v) is 2.93. The highest BCUT2D eigenvalue weighted by Crippen LogP contribution is 2.17. The Morgan fingerprint density at radius 1 is 1.26 bits per heavy atom.